The van der Waals surface area contributed by atoms with Crippen molar-refractivity contribution in [2.45, 2.75) is 58.3 Å². The number of methoxy groups -OCH3 is 1. The molecule has 3 aromatic heterocycles. The van der Waals surface area contributed by atoms with E-state index < -0.39 is 0 Å². The van der Waals surface area contributed by atoms with Crippen molar-refractivity contribution in [2.24, 2.45) is 0 Å². The molecule has 0 N–H and O–H groups in total. The van der Waals surface area contributed by atoms with Crippen LogP contribution in [0.1, 0.15) is 54.5 Å². The lowest BCUT2D eigenvalue weighted by molar-refractivity contribution is 0.102. The average molecular weight is 482 g/mol. The third-order valence-electron chi connectivity index (χ3n) is 6.18. The van der Waals surface area contributed by atoms with Gasteiger partial charge in [-0.1, -0.05) is 37.2 Å². The molecule has 0 radical (unpaired) electrons. The molecule has 8 nitrogen and oxygen atoms in total. The van der Waals surface area contributed by atoms with Gasteiger partial charge in [-0.15, -0.1) is 10.2 Å². The van der Waals surface area contributed by atoms with Crippen LogP contribution in [0.4, 0.5) is 0 Å². The minimum Gasteiger partial charge on any atom is -0.383 e. The second kappa shape index (κ2) is 10.1. The van der Waals surface area contributed by atoms with E-state index in [4.69, 9.17) is 4.74 Å². The van der Waals surface area contributed by atoms with Crippen LogP contribution in [0.3, 0.4) is 0 Å². The molecule has 0 bridgehead atoms. The normalized spacial score (nSPS) is 12.6. The number of carbonyl (C=O) groups is 1. The fourth-order valence-corrected chi connectivity index (χ4v) is 5.43. The first-order valence-electron chi connectivity index (χ1n) is 11.6. The quantitative estimate of drug-likeness (QED) is 0.246. The van der Waals surface area contributed by atoms with Crippen LogP contribution < -0.4 is 5.56 Å². The van der Waals surface area contributed by atoms with E-state index in [2.05, 4.69) is 28.6 Å². The number of thioether (sulfide) groups is 1. The molecule has 1 unspecified atom stereocenters. The molecule has 4 aromatic rings. The molecule has 0 saturated heterocycles. The minimum absolute atomic E-state index is 0.0364. The molecule has 180 valence electrons. The smallest absolute Gasteiger partial charge is 0.262 e. The number of aryl methyl sites for hydroxylation is 2. The van der Waals surface area contributed by atoms with Crippen LogP contribution in [0, 0.1) is 13.8 Å². The number of ketones is 1. The second-order valence-corrected chi connectivity index (χ2v) is 9.56. The number of unbranched alkanes of at least 4 members (excludes halogenated alkanes) is 1. The van der Waals surface area contributed by atoms with Crippen LogP contribution in [0.2, 0.25) is 0 Å². The number of nitrogens with zero attached hydrogens (tertiary/aromatic N) is 5. The van der Waals surface area contributed by atoms with Crippen LogP contribution in [-0.4, -0.2) is 49.0 Å². The number of carbonyl (C=O) groups excluding carboxylic acids is 1. The molecule has 4 rings (SSSR count). The third-order valence-corrected chi connectivity index (χ3v) is 7.11. The van der Waals surface area contributed by atoms with E-state index in [1.54, 1.807) is 11.7 Å². The lowest BCUT2D eigenvalue weighted by Gasteiger charge is -2.17. The summed E-state index contributed by atoms with van der Waals surface area (Å²) in [6.07, 6.45) is 1.84. The molecule has 0 saturated carbocycles. The van der Waals surface area contributed by atoms with Crippen molar-refractivity contribution < 1.29 is 9.53 Å². The van der Waals surface area contributed by atoms with Crippen LogP contribution in [0.5, 0.6) is 0 Å². The highest BCUT2D eigenvalue weighted by Crippen LogP contribution is 2.25. The van der Waals surface area contributed by atoms with Gasteiger partial charge < -0.3 is 9.30 Å². The van der Waals surface area contributed by atoms with Crippen molar-refractivity contribution in [2.75, 3.05) is 19.5 Å². The van der Waals surface area contributed by atoms with Gasteiger partial charge in [0.2, 0.25) is 5.78 Å². The van der Waals surface area contributed by atoms with E-state index in [0.717, 1.165) is 29.7 Å². The third kappa shape index (κ3) is 4.30. The molecular formula is C25H31N5O3S. The summed E-state index contributed by atoms with van der Waals surface area (Å²) in [5.41, 5.74) is 3.38. The maximum absolute atomic E-state index is 13.2. The maximum atomic E-state index is 13.2. The number of hydrogen-bond donors (Lipinski definition) is 0. The highest BCUT2D eigenvalue weighted by atomic mass is 32.2. The second-order valence-electron chi connectivity index (χ2n) is 8.62. The van der Waals surface area contributed by atoms with Gasteiger partial charge in [-0.05, 0) is 45.4 Å². The fraction of sp³-hybridized carbons (Fsp3) is 0.440. The summed E-state index contributed by atoms with van der Waals surface area (Å²) in [6, 6.07) is 9.58. The van der Waals surface area contributed by atoms with E-state index in [9.17, 15) is 9.59 Å². The highest BCUT2D eigenvalue weighted by molar-refractivity contribution is 7.99. The molecule has 34 heavy (non-hydrogen) atoms. The lowest BCUT2D eigenvalue weighted by Crippen LogP contribution is -2.23. The first-order valence-corrected chi connectivity index (χ1v) is 12.6. The number of aromatic nitrogens is 5. The molecule has 0 spiro atoms. The number of ether oxygens (including phenoxy) is 1. The van der Waals surface area contributed by atoms with Crippen molar-refractivity contribution >= 4 is 34.2 Å². The van der Waals surface area contributed by atoms with Crippen molar-refractivity contribution in [3.8, 4) is 0 Å². The molecule has 1 atom stereocenters. The molecular weight excluding hydrogens is 450 g/mol. The van der Waals surface area contributed by atoms with Crippen molar-refractivity contribution in [3.05, 3.63) is 57.6 Å². The van der Waals surface area contributed by atoms with Gasteiger partial charge in [-0.3, -0.25) is 18.6 Å². The maximum Gasteiger partial charge on any atom is 0.262 e. The Balaban J connectivity index is 1.68. The van der Waals surface area contributed by atoms with Gasteiger partial charge in [0.15, 0.2) is 10.9 Å². The van der Waals surface area contributed by atoms with E-state index in [1.807, 2.05) is 48.6 Å². The zero-order valence-electron chi connectivity index (χ0n) is 20.4. The lowest BCUT2D eigenvalue weighted by atomic mass is 10.2. The SMILES string of the molecule is CCCCn1c(=O)c2ccccc2n2c(SCC(=O)c3cc(C)n(C(C)COC)c3C)nnc12. The van der Waals surface area contributed by atoms with E-state index in [-0.39, 0.29) is 23.1 Å². The predicted octanol–water partition coefficient (Wildman–Crippen LogP) is 4.45. The summed E-state index contributed by atoms with van der Waals surface area (Å²) < 4.78 is 11.0. The Morgan fingerprint density at radius 3 is 2.71 bits per heavy atom. The number of hydrogen-bond acceptors (Lipinski definition) is 6. The van der Waals surface area contributed by atoms with Crippen molar-refractivity contribution in [1.29, 1.82) is 0 Å². The van der Waals surface area contributed by atoms with Gasteiger partial charge in [0.05, 0.1) is 29.3 Å². The Labute approximate surface area is 202 Å². The van der Waals surface area contributed by atoms with E-state index >= 15 is 0 Å². The van der Waals surface area contributed by atoms with Gasteiger partial charge in [0, 0.05) is 30.6 Å². The Bertz CT molecular complexity index is 1400. The Morgan fingerprint density at radius 1 is 1.21 bits per heavy atom. The van der Waals surface area contributed by atoms with Gasteiger partial charge >= 0.3 is 0 Å². The largest absolute Gasteiger partial charge is 0.383 e. The number of fused-ring (bicyclic) bond motifs is 3. The topological polar surface area (TPSA) is 83.4 Å². The monoisotopic (exact) mass is 481 g/mol. The summed E-state index contributed by atoms with van der Waals surface area (Å²) >= 11 is 1.35. The van der Waals surface area contributed by atoms with E-state index in [0.29, 0.717) is 35.0 Å². The number of benzene rings is 1. The summed E-state index contributed by atoms with van der Waals surface area (Å²) in [7, 11) is 1.68. The predicted molar refractivity (Wildman–Crippen MR) is 135 cm³/mol. The van der Waals surface area contributed by atoms with Crippen molar-refractivity contribution in [1.82, 2.24) is 23.7 Å². The van der Waals surface area contributed by atoms with Crippen LogP contribution in [-0.2, 0) is 11.3 Å². The Hall–Kier alpha value is -2.91. The van der Waals surface area contributed by atoms with Crippen LogP contribution in [0.15, 0.2) is 40.3 Å². The standard InChI is InChI=1S/C25H31N5O3S/c1-6-7-12-28-23(32)19-10-8-9-11-21(19)30-24(28)26-27-25(30)34-15-22(31)20-13-16(2)29(18(20)4)17(3)14-33-5/h8-11,13,17H,6-7,12,14-15H2,1-5H3. The molecule has 0 amide bonds. The zero-order valence-corrected chi connectivity index (χ0v) is 21.2. The molecule has 0 aliphatic heterocycles. The highest BCUT2D eigenvalue weighted by Gasteiger charge is 2.21. The number of para-hydroxylation sites is 1. The van der Waals surface area contributed by atoms with Gasteiger partial charge in [0.25, 0.3) is 5.56 Å². The minimum atomic E-state index is -0.0609. The first kappa shape index (κ1) is 24.2. The van der Waals surface area contributed by atoms with E-state index in [1.165, 1.54) is 11.8 Å². The first-order chi connectivity index (χ1) is 16.4. The summed E-state index contributed by atoms with van der Waals surface area (Å²) in [6.45, 7) is 9.32. The molecule has 1 aromatic carbocycles. The Kier molecular flexibility index (Phi) is 7.23. The van der Waals surface area contributed by atoms with Gasteiger partial charge in [-0.2, -0.15) is 0 Å². The van der Waals surface area contributed by atoms with Gasteiger partial charge in [-0.25, -0.2) is 0 Å². The molecule has 0 aliphatic rings. The van der Waals surface area contributed by atoms with Crippen LogP contribution >= 0.6 is 11.8 Å². The number of rotatable bonds is 10. The van der Waals surface area contributed by atoms with Crippen molar-refractivity contribution in [3.63, 3.8) is 0 Å². The van der Waals surface area contributed by atoms with Gasteiger partial charge in [0.1, 0.15) is 0 Å². The summed E-state index contributed by atoms with van der Waals surface area (Å²) in [5, 5.41) is 9.92. The molecule has 9 heteroatoms. The fourth-order valence-electron chi connectivity index (χ4n) is 4.61. The number of Topliss-reactive ketones (excluding diaryl/α,β-unsaturated/α-hetero) is 1. The van der Waals surface area contributed by atoms with Crippen LogP contribution in [0.25, 0.3) is 16.7 Å². The zero-order chi connectivity index (χ0) is 24.4. The molecule has 3 heterocycles. The molecule has 0 aliphatic carbocycles. The average Bonchev–Trinajstić information content (AvgIpc) is 3.38. The summed E-state index contributed by atoms with van der Waals surface area (Å²) in [5.74, 6) is 0.777. The summed E-state index contributed by atoms with van der Waals surface area (Å²) in [4.78, 5) is 26.3. The molecule has 0 fully saturated rings. The Morgan fingerprint density at radius 2 is 1.97 bits per heavy atom.